The Bertz CT molecular complexity index is 551. The minimum atomic E-state index is -0.945. The Morgan fingerprint density at radius 1 is 1.35 bits per heavy atom. The van der Waals surface area contributed by atoms with Gasteiger partial charge in [-0.3, -0.25) is 9.59 Å². The number of esters is 1. The van der Waals surface area contributed by atoms with Crippen molar-refractivity contribution >= 4 is 11.9 Å². The molecule has 5 heteroatoms. The first kappa shape index (κ1) is 15.6. The quantitative estimate of drug-likeness (QED) is 0.653. The van der Waals surface area contributed by atoms with Crippen LogP contribution in [0.2, 0.25) is 0 Å². The molecule has 0 unspecified atom stereocenters. The van der Waals surface area contributed by atoms with Crippen molar-refractivity contribution in [2.75, 3.05) is 13.7 Å². The van der Waals surface area contributed by atoms with E-state index in [1.54, 1.807) is 25.1 Å². The smallest absolute Gasteiger partial charge is 0.317 e. The summed E-state index contributed by atoms with van der Waals surface area (Å²) in [6, 6.07) is 5.01. The second-order valence-electron chi connectivity index (χ2n) is 3.88. The van der Waals surface area contributed by atoms with Crippen LogP contribution in [0.1, 0.15) is 24.5 Å². The lowest BCUT2D eigenvalue weighted by atomic mass is 10.1. The number of hydrogen-bond acceptors (Lipinski definition) is 4. The number of carboxylic acids is 1. The third-order valence-corrected chi connectivity index (χ3v) is 2.39. The number of methoxy groups -OCH3 is 1. The van der Waals surface area contributed by atoms with Crippen LogP contribution in [0.4, 0.5) is 0 Å². The molecule has 0 aromatic heterocycles. The zero-order valence-corrected chi connectivity index (χ0v) is 11.4. The maximum atomic E-state index is 11.1. The van der Waals surface area contributed by atoms with Gasteiger partial charge in [-0.15, -0.1) is 0 Å². The van der Waals surface area contributed by atoms with Crippen LogP contribution in [0.25, 0.3) is 0 Å². The normalized spacial score (nSPS) is 9.30. The summed E-state index contributed by atoms with van der Waals surface area (Å²) in [6.07, 6.45) is -0.134. The Balaban J connectivity index is 2.84. The Morgan fingerprint density at radius 2 is 2.10 bits per heavy atom. The third kappa shape index (κ3) is 5.02. The number of hydrogen-bond donors (Lipinski definition) is 1. The first-order chi connectivity index (χ1) is 9.56. The summed E-state index contributed by atoms with van der Waals surface area (Å²) in [4.78, 5) is 21.9. The lowest BCUT2D eigenvalue weighted by Gasteiger charge is -2.06. The average molecular weight is 276 g/mol. The average Bonchev–Trinajstić information content (AvgIpc) is 2.38. The zero-order chi connectivity index (χ0) is 15.0. The monoisotopic (exact) mass is 276 g/mol. The number of carbonyl (C=O) groups is 2. The van der Waals surface area contributed by atoms with Crippen LogP contribution < -0.4 is 4.74 Å². The van der Waals surface area contributed by atoms with Gasteiger partial charge >= 0.3 is 11.9 Å². The molecule has 0 fully saturated rings. The van der Waals surface area contributed by atoms with Crippen molar-refractivity contribution in [1.82, 2.24) is 0 Å². The number of carbonyl (C=O) groups excluding carboxylic acids is 1. The van der Waals surface area contributed by atoms with Crippen LogP contribution in [0.15, 0.2) is 18.2 Å². The highest BCUT2D eigenvalue weighted by Gasteiger charge is 2.08. The van der Waals surface area contributed by atoms with E-state index >= 15 is 0 Å². The molecule has 0 aliphatic rings. The van der Waals surface area contributed by atoms with Crippen LogP contribution in [0.3, 0.4) is 0 Å². The summed E-state index contributed by atoms with van der Waals surface area (Å²) in [7, 11) is 1.48. The lowest BCUT2D eigenvalue weighted by molar-refractivity contribution is -0.142. The molecule has 0 spiro atoms. The first-order valence-electron chi connectivity index (χ1n) is 6.10. The van der Waals surface area contributed by atoms with Crippen molar-refractivity contribution in [3.8, 4) is 17.6 Å². The lowest BCUT2D eigenvalue weighted by Crippen LogP contribution is -2.03. The van der Waals surface area contributed by atoms with Gasteiger partial charge in [-0.05, 0) is 25.1 Å². The SMILES string of the molecule is CCOC(=O)CC#Cc1ccc(OC)c(CC(=O)O)c1. The van der Waals surface area contributed by atoms with Crippen molar-refractivity contribution in [3.63, 3.8) is 0 Å². The summed E-state index contributed by atoms with van der Waals surface area (Å²) in [6.45, 7) is 2.05. The molecule has 0 aliphatic carbocycles. The third-order valence-electron chi connectivity index (χ3n) is 2.39. The fourth-order valence-corrected chi connectivity index (χ4v) is 1.59. The molecule has 1 rings (SSSR count). The summed E-state index contributed by atoms with van der Waals surface area (Å²) < 4.78 is 9.84. The van der Waals surface area contributed by atoms with Crippen LogP contribution in [-0.2, 0) is 20.7 Å². The number of rotatable bonds is 5. The van der Waals surface area contributed by atoms with Crippen LogP contribution in [-0.4, -0.2) is 30.8 Å². The molecule has 0 heterocycles. The molecule has 0 radical (unpaired) electrons. The maximum absolute atomic E-state index is 11.1. The fraction of sp³-hybridized carbons (Fsp3) is 0.333. The largest absolute Gasteiger partial charge is 0.496 e. The van der Waals surface area contributed by atoms with Crippen molar-refractivity contribution in [1.29, 1.82) is 0 Å². The van der Waals surface area contributed by atoms with E-state index in [-0.39, 0.29) is 18.8 Å². The number of aliphatic carboxylic acids is 1. The molecule has 1 aromatic carbocycles. The molecule has 20 heavy (non-hydrogen) atoms. The van der Waals surface area contributed by atoms with Gasteiger partial charge in [0, 0.05) is 11.1 Å². The van der Waals surface area contributed by atoms with Crippen LogP contribution in [0, 0.1) is 11.8 Å². The molecule has 1 N–H and O–H groups in total. The minimum Gasteiger partial charge on any atom is -0.496 e. The van der Waals surface area contributed by atoms with Gasteiger partial charge in [-0.25, -0.2) is 0 Å². The van der Waals surface area contributed by atoms with E-state index in [0.717, 1.165) is 0 Å². The summed E-state index contributed by atoms with van der Waals surface area (Å²) >= 11 is 0. The topological polar surface area (TPSA) is 72.8 Å². The Labute approximate surface area is 117 Å². The molecule has 0 amide bonds. The van der Waals surface area contributed by atoms with Gasteiger partial charge in [0.1, 0.15) is 12.2 Å². The molecule has 0 aliphatic heterocycles. The van der Waals surface area contributed by atoms with Gasteiger partial charge in [0.2, 0.25) is 0 Å². The highest BCUT2D eigenvalue weighted by molar-refractivity contribution is 5.73. The Kier molecular flexibility index (Phi) is 6.11. The molecule has 106 valence electrons. The van der Waals surface area contributed by atoms with Crippen LogP contribution in [0.5, 0.6) is 5.75 Å². The standard InChI is InChI=1S/C15H16O5/c1-3-20-15(18)6-4-5-11-7-8-13(19-2)12(9-11)10-14(16)17/h7-9H,3,6,10H2,1-2H3,(H,16,17). The van der Waals surface area contributed by atoms with E-state index in [1.807, 2.05) is 0 Å². The van der Waals surface area contributed by atoms with Crippen molar-refractivity contribution in [3.05, 3.63) is 29.3 Å². The first-order valence-corrected chi connectivity index (χ1v) is 6.10. The molecule has 0 saturated carbocycles. The Morgan fingerprint density at radius 3 is 2.70 bits per heavy atom. The number of carboxylic acid groups (broad SMARTS) is 1. The molecule has 1 aromatic rings. The summed E-state index contributed by atoms with van der Waals surface area (Å²) in [5, 5.41) is 8.83. The van der Waals surface area contributed by atoms with E-state index in [4.69, 9.17) is 14.6 Å². The van der Waals surface area contributed by atoms with E-state index in [9.17, 15) is 9.59 Å². The maximum Gasteiger partial charge on any atom is 0.317 e. The second-order valence-corrected chi connectivity index (χ2v) is 3.88. The second kappa shape index (κ2) is 7.85. The van der Waals surface area contributed by atoms with Gasteiger partial charge in [-0.1, -0.05) is 11.8 Å². The number of benzene rings is 1. The summed E-state index contributed by atoms with van der Waals surface area (Å²) in [5.41, 5.74) is 1.18. The molecule has 0 saturated heterocycles. The predicted octanol–water partition coefficient (Wildman–Crippen LogP) is 1.63. The van der Waals surface area contributed by atoms with Crippen LogP contribution >= 0.6 is 0 Å². The van der Waals surface area contributed by atoms with Crippen molar-refractivity contribution in [2.45, 2.75) is 19.8 Å². The van der Waals surface area contributed by atoms with E-state index in [2.05, 4.69) is 11.8 Å². The van der Waals surface area contributed by atoms with E-state index < -0.39 is 5.97 Å². The predicted molar refractivity (Wildman–Crippen MR) is 72.5 cm³/mol. The van der Waals surface area contributed by atoms with Gasteiger partial charge in [0.15, 0.2) is 0 Å². The molecule has 0 atom stereocenters. The highest BCUT2D eigenvalue weighted by atomic mass is 16.5. The molecular weight excluding hydrogens is 260 g/mol. The zero-order valence-electron chi connectivity index (χ0n) is 11.4. The van der Waals surface area contributed by atoms with Crippen molar-refractivity contribution in [2.24, 2.45) is 0 Å². The minimum absolute atomic E-state index is 0.00807. The molecule has 0 bridgehead atoms. The van der Waals surface area contributed by atoms with E-state index in [1.165, 1.54) is 7.11 Å². The van der Waals surface area contributed by atoms with E-state index in [0.29, 0.717) is 23.5 Å². The van der Waals surface area contributed by atoms with Gasteiger partial charge in [-0.2, -0.15) is 0 Å². The molecule has 5 nitrogen and oxygen atoms in total. The van der Waals surface area contributed by atoms with Gasteiger partial charge < -0.3 is 14.6 Å². The Hall–Kier alpha value is -2.48. The van der Waals surface area contributed by atoms with Gasteiger partial charge in [0.25, 0.3) is 0 Å². The number of ether oxygens (including phenoxy) is 2. The fourth-order valence-electron chi connectivity index (χ4n) is 1.59. The highest BCUT2D eigenvalue weighted by Crippen LogP contribution is 2.20. The molecular formula is C15H16O5. The van der Waals surface area contributed by atoms with Crippen molar-refractivity contribution < 1.29 is 24.2 Å². The summed E-state index contributed by atoms with van der Waals surface area (Å²) in [5.74, 6) is 4.67. The van der Waals surface area contributed by atoms with Gasteiger partial charge in [0.05, 0.1) is 20.1 Å².